The second kappa shape index (κ2) is 6.98. The monoisotopic (exact) mass is 302 g/mol. The van der Waals surface area contributed by atoms with E-state index < -0.39 is 0 Å². The summed E-state index contributed by atoms with van der Waals surface area (Å²) in [4.78, 5) is 2.69. The first-order chi connectivity index (χ1) is 10.9. The molecule has 3 aromatic carbocycles. The van der Waals surface area contributed by atoms with E-state index in [1.165, 1.54) is 15.4 Å². The Morgan fingerprint density at radius 3 is 1.64 bits per heavy atom. The zero-order valence-electron chi connectivity index (χ0n) is 12.1. The summed E-state index contributed by atoms with van der Waals surface area (Å²) in [7, 11) is 0.00631. The predicted molar refractivity (Wildman–Crippen MR) is 91.6 cm³/mol. The normalized spacial score (nSPS) is 10.4. The van der Waals surface area contributed by atoms with Crippen LogP contribution < -0.4 is 0 Å². The minimum atomic E-state index is 0.00631. The van der Waals surface area contributed by atoms with Crippen LogP contribution in [0.2, 0.25) is 0 Å². The van der Waals surface area contributed by atoms with E-state index in [9.17, 15) is 0 Å². The van der Waals surface area contributed by atoms with Crippen molar-refractivity contribution in [1.29, 1.82) is 5.26 Å². The van der Waals surface area contributed by atoms with E-state index in [0.29, 0.717) is 5.56 Å². The lowest BCUT2D eigenvalue weighted by atomic mass is 10.2. The molecule has 0 fully saturated rings. The van der Waals surface area contributed by atoms with Crippen molar-refractivity contribution in [2.24, 2.45) is 0 Å². The van der Waals surface area contributed by atoms with Gasteiger partial charge in [-0.3, -0.25) is 0 Å². The van der Waals surface area contributed by atoms with Crippen molar-refractivity contribution >= 4 is 10.9 Å². The van der Waals surface area contributed by atoms with Crippen LogP contribution in [0, 0.1) is 11.3 Å². The van der Waals surface area contributed by atoms with Crippen LogP contribution in [0.25, 0.3) is 0 Å². The predicted octanol–water partition coefficient (Wildman–Crippen LogP) is 4.79. The van der Waals surface area contributed by atoms with Gasteiger partial charge in [0.15, 0.2) is 9.79 Å². The molecule has 0 amide bonds. The second-order valence-corrected chi connectivity index (χ2v) is 6.98. The molecule has 3 aromatic rings. The molecule has 3 rings (SSSR count). The van der Waals surface area contributed by atoms with Gasteiger partial charge < -0.3 is 0 Å². The topological polar surface area (TPSA) is 23.8 Å². The van der Waals surface area contributed by atoms with E-state index in [-0.39, 0.29) is 10.9 Å². The van der Waals surface area contributed by atoms with Crippen molar-refractivity contribution in [3.63, 3.8) is 0 Å². The van der Waals surface area contributed by atoms with Crippen LogP contribution in [0.4, 0.5) is 0 Å². The Morgan fingerprint density at radius 2 is 1.18 bits per heavy atom. The third-order valence-corrected chi connectivity index (χ3v) is 5.75. The van der Waals surface area contributed by atoms with E-state index in [4.69, 9.17) is 5.26 Å². The number of nitriles is 1. The van der Waals surface area contributed by atoms with E-state index in [1.54, 1.807) is 0 Å². The highest BCUT2D eigenvalue weighted by atomic mass is 32.2. The summed E-state index contributed by atoms with van der Waals surface area (Å²) in [6.07, 6.45) is 0. The van der Waals surface area contributed by atoms with Gasteiger partial charge in [-0.05, 0) is 36.4 Å². The zero-order valence-corrected chi connectivity index (χ0v) is 13.0. The largest absolute Gasteiger partial charge is 0.192 e. The lowest BCUT2D eigenvalue weighted by Gasteiger charge is -2.08. The quantitative estimate of drug-likeness (QED) is 0.635. The molecule has 0 aliphatic carbocycles. The highest BCUT2D eigenvalue weighted by Gasteiger charge is 2.25. The van der Waals surface area contributed by atoms with E-state index in [2.05, 4.69) is 78.9 Å². The maximum absolute atomic E-state index is 8.92. The van der Waals surface area contributed by atoms with Crippen molar-refractivity contribution < 1.29 is 0 Å². The Kier molecular flexibility index (Phi) is 4.58. The second-order valence-electron chi connectivity index (χ2n) is 4.97. The molecule has 0 heterocycles. The maximum atomic E-state index is 8.92. The average molecular weight is 302 g/mol. The lowest BCUT2D eigenvalue weighted by Crippen LogP contribution is -2.07. The third kappa shape index (κ3) is 3.39. The van der Waals surface area contributed by atoms with Crippen LogP contribution in [0.1, 0.15) is 11.1 Å². The third-order valence-electron chi connectivity index (χ3n) is 3.45. The van der Waals surface area contributed by atoms with Crippen molar-refractivity contribution in [3.8, 4) is 6.07 Å². The summed E-state index contributed by atoms with van der Waals surface area (Å²) in [6, 6.07) is 31.3. The number of hydrogen-bond acceptors (Lipinski definition) is 1. The fraction of sp³-hybridized carbons (Fsp3) is 0.0500. The van der Waals surface area contributed by atoms with Gasteiger partial charge >= 0.3 is 0 Å². The summed E-state index contributed by atoms with van der Waals surface area (Å²) in [5, 5.41) is 8.92. The van der Waals surface area contributed by atoms with Gasteiger partial charge in [0.25, 0.3) is 0 Å². The van der Waals surface area contributed by atoms with Crippen LogP contribution in [0.5, 0.6) is 0 Å². The summed E-state index contributed by atoms with van der Waals surface area (Å²) in [6.45, 7) is 0. The molecule has 106 valence electrons. The Balaban J connectivity index is 1.94. The number of rotatable bonds is 4. The number of nitrogens with zero attached hydrogens (tertiary/aromatic N) is 1. The molecule has 0 unspecified atom stereocenters. The SMILES string of the molecule is N#Cc1ccc(C[S+](c2ccccc2)c2ccccc2)cc1. The van der Waals surface area contributed by atoms with Crippen molar-refractivity contribution in [2.75, 3.05) is 0 Å². The summed E-state index contributed by atoms with van der Waals surface area (Å²) >= 11 is 0. The van der Waals surface area contributed by atoms with Crippen LogP contribution in [-0.2, 0) is 16.6 Å². The smallest absolute Gasteiger partial charge is 0.161 e. The Hall–Kier alpha value is -2.50. The van der Waals surface area contributed by atoms with Gasteiger partial charge in [-0.25, -0.2) is 0 Å². The zero-order chi connectivity index (χ0) is 15.2. The average Bonchev–Trinajstić information content (AvgIpc) is 2.62. The fourth-order valence-corrected chi connectivity index (χ4v) is 4.42. The lowest BCUT2D eigenvalue weighted by molar-refractivity contribution is 1.30. The Labute approximate surface area is 134 Å². The molecule has 0 saturated heterocycles. The summed E-state index contributed by atoms with van der Waals surface area (Å²) in [5.74, 6) is 0.958. The first-order valence-electron chi connectivity index (χ1n) is 7.17. The van der Waals surface area contributed by atoms with Gasteiger partial charge in [-0.15, -0.1) is 0 Å². The summed E-state index contributed by atoms with van der Waals surface area (Å²) in [5.41, 5.74) is 1.97. The van der Waals surface area contributed by atoms with E-state index >= 15 is 0 Å². The van der Waals surface area contributed by atoms with Crippen LogP contribution >= 0.6 is 0 Å². The molecule has 0 atom stereocenters. The first-order valence-corrected chi connectivity index (χ1v) is 8.56. The minimum absolute atomic E-state index is 0.00631. The molecule has 1 nitrogen and oxygen atoms in total. The van der Waals surface area contributed by atoms with Gasteiger partial charge in [0.1, 0.15) is 5.75 Å². The first kappa shape index (κ1) is 14.4. The van der Waals surface area contributed by atoms with Crippen LogP contribution in [0.15, 0.2) is 94.7 Å². The fourth-order valence-electron chi connectivity index (χ4n) is 2.31. The molecular formula is C20H16NS+. The van der Waals surface area contributed by atoms with Gasteiger partial charge in [0, 0.05) is 5.56 Å². The molecule has 0 N–H and O–H groups in total. The van der Waals surface area contributed by atoms with Crippen molar-refractivity contribution in [3.05, 3.63) is 96.1 Å². The highest BCUT2D eigenvalue weighted by Crippen LogP contribution is 2.27. The molecular weight excluding hydrogens is 286 g/mol. The van der Waals surface area contributed by atoms with Crippen molar-refractivity contribution in [1.82, 2.24) is 0 Å². The molecule has 2 heteroatoms. The Morgan fingerprint density at radius 1 is 0.682 bits per heavy atom. The minimum Gasteiger partial charge on any atom is -0.192 e. The molecule has 0 aliphatic rings. The standard InChI is InChI=1S/C20H16NS/c21-15-17-11-13-18(14-12-17)16-22(19-7-3-1-4-8-19)20-9-5-2-6-10-20/h1-14H,16H2/q+1. The van der Waals surface area contributed by atoms with E-state index in [1.807, 2.05) is 12.1 Å². The molecule has 0 spiro atoms. The highest BCUT2D eigenvalue weighted by molar-refractivity contribution is 7.96. The van der Waals surface area contributed by atoms with Crippen LogP contribution in [-0.4, -0.2) is 0 Å². The maximum Gasteiger partial charge on any atom is 0.161 e. The van der Waals surface area contributed by atoms with E-state index in [0.717, 1.165) is 5.75 Å². The number of benzene rings is 3. The van der Waals surface area contributed by atoms with Crippen molar-refractivity contribution in [2.45, 2.75) is 15.5 Å². The summed E-state index contributed by atoms with van der Waals surface area (Å²) < 4.78 is 0. The number of hydrogen-bond donors (Lipinski definition) is 0. The van der Waals surface area contributed by atoms with Gasteiger partial charge in [-0.2, -0.15) is 5.26 Å². The molecule has 0 saturated carbocycles. The van der Waals surface area contributed by atoms with Gasteiger partial charge in [0.2, 0.25) is 0 Å². The van der Waals surface area contributed by atoms with Gasteiger partial charge in [0.05, 0.1) is 22.5 Å². The molecule has 0 radical (unpaired) electrons. The molecule has 0 bridgehead atoms. The van der Waals surface area contributed by atoms with Crippen LogP contribution in [0.3, 0.4) is 0 Å². The van der Waals surface area contributed by atoms with Gasteiger partial charge in [-0.1, -0.05) is 48.5 Å². The molecule has 22 heavy (non-hydrogen) atoms. The Bertz CT molecular complexity index is 719. The molecule has 0 aromatic heterocycles. The molecule has 0 aliphatic heterocycles.